The Morgan fingerprint density at radius 1 is 1.50 bits per heavy atom. The van der Waals surface area contributed by atoms with Crippen LogP contribution in [0.5, 0.6) is 5.75 Å². The standard InChI is InChI=1S/C14H22N2O2/c1-10-6-7-13(12(9-10)11(2)15)18-8-4-5-14(17)16-3/h6-7,9,11H,4-5,8,15H2,1-3H3,(H,16,17)/t11-/m0/s1. The number of aryl methyl sites for hydroxylation is 1. The molecule has 1 rings (SSSR count). The van der Waals surface area contributed by atoms with Crippen LogP contribution in [0, 0.1) is 6.92 Å². The van der Waals surface area contributed by atoms with Gasteiger partial charge in [0.2, 0.25) is 5.91 Å². The summed E-state index contributed by atoms with van der Waals surface area (Å²) in [4.78, 5) is 11.1. The van der Waals surface area contributed by atoms with Gasteiger partial charge in [0.15, 0.2) is 0 Å². The summed E-state index contributed by atoms with van der Waals surface area (Å²) < 4.78 is 5.69. The van der Waals surface area contributed by atoms with E-state index in [2.05, 4.69) is 5.32 Å². The van der Waals surface area contributed by atoms with Crippen molar-refractivity contribution in [1.29, 1.82) is 0 Å². The number of hydrogen-bond acceptors (Lipinski definition) is 3. The average molecular weight is 250 g/mol. The summed E-state index contributed by atoms with van der Waals surface area (Å²) in [6.45, 7) is 4.49. The molecule has 1 aromatic carbocycles. The molecule has 18 heavy (non-hydrogen) atoms. The Bertz CT molecular complexity index is 403. The lowest BCUT2D eigenvalue weighted by atomic mass is 10.1. The molecule has 0 aliphatic heterocycles. The van der Waals surface area contributed by atoms with Crippen LogP contribution in [0.2, 0.25) is 0 Å². The van der Waals surface area contributed by atoms with E-state index in [4.69, 9.17) is 10.5 Å². The van der Waals surface area contributed by atoms with Crippen LogP contribution < -0.4 is 15.8 Å². The molecule has 3 N–H and O–H groups in total. The van der Waals surface area contributed by atoms with E-state index < -0.39 is 0 Å². The van der Waals surface area contributed by atoms with Gasteiger partial charge in [-0.25, -0.2) is 0 Å². The third kappa shape index (κ3) is 4.37. The van der Waals surface area contributed by atoms with Gasteiger partial charge in [-0.1, -0.05) is 17.7 Å². The van der Waals surface area contributed by atoms with Crippen LogP contribution in [-0.2, 0) is 4.79 Å². The second-order valence-electron chi connectivity index (χ2n) is 4.46. The number of nitrogens with one attached hydrogen (secondary N) is 1. The highest BCUT2D eigenvalue weighted by Crippen LogP contribution is 2.25. The van der Waals surface area contributed by atoms with Gasteiger partial charge in [-0.05, 0) is 26.3 Å². The van der Waals surface area contributed by atoms with E-state index >= 15 is 0 Å². The number of carbonyl (C=O) groups is 1. The molecule has 0 spiro atoms. The van der Waals surface area contributed by atoms with Crippen molar-refractivity contribution in [2.45, 2.75) is 32.7 Å². The van der Waals surface area contributed by atoms with E-state index in [0.29, 0.717) is 19.4 Å². The zero-order valence-corrected chi connectivity index (χ0v) is 11.3. The summed E-state index contributed by atoms with van der Waals surface area (Å²) >= 11 is 0. The second kappa shape index (κ2) is 7.01. The molecule has 0 radical (unpaired) electrons. The summed E-state index contributed by atoms with van der Waals surface area (Å²) in [5.74, 6) is 0.849. The van der Waals surface area contributed by atoms with Crippen LogP contribution in [0.3, 0.4) is 0 Å². The van der Waals surface area contributed by atoms with Crippen molar-refractivity contribution in [2.24, 2.45) is 5.73 Å². The monoisotopic (exact) mass is 250 g/mol. The number of ether oxygens (including phenoxy) is 1. The van der Waals surface area contributed by atoms with Gasteiger partial charge in [0.25, 0.3) is 0 Å². The van der Waals surface area contributed by atoms with Crippen LogP contribution >= 0.6 is 0 Å². The molecule has 1 amide bonds. The predicted molar refractivity (Wildman–Crippen MR) is 72.6 cm³/mol. The highest BCUT2D eigenvalue weighted by molar-refractivity contribution is 5.75. The van der Waals surface area contributed by atoms with Gasteiger partial charge in [0.05, 0.1) is 6.61 Å². The normalized spacial score (nSPS) is 12.0. The number of benzene rings is 1. The first-order valence-electron chi connectivity index (χ1n) is 6.24. The van der Waals surface area contributed by atoms with E-state index in [-0.39, 0.29) is 11.9 Å². The van der Waals surface area contributed by atoms with Gasteiger partial charge < -0.3 is 15.8 Å². The quantitative estimate of drug-likeness (QED) is 0.758. The lowest BCUT2D eigenvalue weighted by molar-refractivity contribution is -0.120. The minimum absolute atomic E-state index is 0.0370. The Hall–Kier alpha value is -1.55. The van der Waals surface area contributed by atoms with Gasteiger partial charge in [-0.15, -0.1) is 0 Å². The maximum Gasteiger partial charge on any atom is 0.219 e. The number of amides is 1. The summed E-state index contributed by atoms with van der Waals surface area (Å²) in [6.07, 6.45) is 1.18. The van der Waals surface area contributed by atoms with E-state index in [1.54, 1.807) is 7.05 Å². The first-order chi connectivity index (χ1) is 8.54. The molecule has 4 heteroatoms. The Kier molecular flexibility index (Phi) is 5.65. The SMILES string of the molecule is CNC(=O)CCCOc1ccc(C)cc1[C@H](C)N. The van der Waals surface area contributed by atoms with Crippen molar-refractivity contribution in [3.8, 4) is 5.75 Å². The highest BCUT2D eigenvalue weighted by Gasteiger charge is 2.08. The predicted octanol–water partition coefficient (Wildman–Crippen LogP) is 1.92. The van der Waals surface area contributed by atoms with Gasteiger partial charge in [0, 0.05) is 25.1 Å². The van der Waals surface area contributed by atoms with Crippen LogP contribution in [-0.4, -0.2) is 19.6 Å². The molecule has 0 aromatic heterocycles. The Morgan fingerprint density at radius 3 is 2.83 bits per heavy atom. The molecule has 4 nitrogen and oxygen atoms in total. The molecule has 0 saturated carbocycles. The van der Waals surface area contributed by atoms with Crippen LogP contribution in [0.1, 0.15) is 36.9 Å². The maximum atomic E-state index is 11.1. The minimum atomic E-state index is -0.0566. The lowest BCUT2D eigenvalue weighted by Crippen LogP contribution is -2.18. The van der Waals surface area contributed by atoms with Crippen LogP contribution in [0.25, 0.3) is 0 Å². The number of rotatable bonds is 6. The second-order valence-corrected chi connectivity index (χ2v) is 4.46. The van der Waals surface area contributed by atoms with E-state index in [1.807, 2.05) is 32.0 Å². The minimum Gasteiger partial charge on any atom is -0.493 e. The fraction of sp³-hybridized carbons (Fsp3) is 0.500. The van der Waals surface area contributed by atoms with Gasteiger partial charge in [-0.2, -0.15) is 0 Å². The fourth-order valence-corrected chi connectivity index (χ4v) is 1.70. The first kappa shape index (κ1) is 14.5. The van der Waals surface area contributed by atoms with Gasteiger partial charge in [0.1, 0.15) is 5.75 Å². The molecular weight excluding hydrogens is 228 g/mol. The Balaban J connectivity index is 2.54. The Morgan fingerprint density at radius 2 is 2.22 bits per heavy atom. The molecule has 0 aliphatic carbocycles. The van der Waals surface area contributed by atoms with Crippen molar-refractivity contribution >= 4 is 5.91 Å². The van der Waals surface area contributed by atoms with E-state index in [0.717, 1.165) is 11.3 Å². The smallest absolute Gasteiger partial charge is 0.219 e. The molecule has 0 heterocycles. The molecule has 0 unspecified atom stereocenters. The van der Waals surface area contributed by atoms with Crippen molar-refractivity contribution < 1.29 is 9.53 Å². The van der Waals surface area contributed by atoms with Crippen LogP contribution in [0.4, 0.5) is 0 Å². The number of hydrogen-bond donors (Lipinski definition) is 2. The van der Waals surface area contributed by atoms with Gasteiger partial charge >= 0.3 is 0 Å². The maximum absolute atomic E-state index is 11.1. The van der Waals surface area contributed by atoms with Crippen molar-refractivity contribution in [3.63, 3.8) is 0 Å². The third-order valence-electron chi connectivity index (χ3n) is 2.74. The zero-order valence-electron chi connectivity index (χ0n) is 11.3. The Labute approximate surface area is 109 Å². The molecule has 1 atom stereocenters. The number of carbonyl (C=O) groups excluding carboxylic acids is 1. The van der Waals surface area contributed by atoms with E-state index in [1.165, 1.54) is 5.56 Å². The molecule has 100 valence electrons. The molecule has 0 saturated heterocycles. The summed E-state index contributed by atoms with van der Waals surface area (Å²) in [5.41, 5.74) is 8.09. The average Bonchev–Trinajstić information content (AvgIpc) is 2.35. The molecule has 0 aliphatic rings. The van der Waals surface area contributed by atoms with Crippen molar-refractivity contribution in [3.05, 3.63) is 29.3 Å². The summed E-state index contributed by atoms with van der Waals surface area (Å²) in [5, 5.41) is 2.59. The molecular formula is C14H22N2O2. The number of nitrogens with two attached hydrogens (primary N) is 1. The molecule has 0 fully saturated rings. The lowest BCUT2D eigenvalue weighted by Gasteiger charge is -2.14. The first-order valence-corrected chi connectivity index (χ1v) is 6.24. The molecule has 1 aromatic rings. The highest BCUT2D eigenvalue weighted by atomic mass is 16.5. The molecule has 0 bridgehead atoms. The van der Waals surface area contributed by atoms with Crippen molar-refractivity contribution in [1.82, 2.24) is 5.32 Å². The fourth-order valence-electron chi connectivity index (χ4n) is 1.70. The summed E-state index contributed by atoms with van der Waals surface area (Å²) in [6, 6.07) is 5.92. The van der Waals surface area contributed by atoms with Gasteiger partial charge in [-0.3, -0.25) is 4.79 Å². The topological polar surface area (TPSA) is 64.3 Å². The largest absolute Gasteiger partial charge is 0.493 e. The summed E-state index contributed by atoms with van der Waals surface area (Å²) in [7, 11) is 1.64. The zero-order chi connectivity index (χ0) is 13.5. The van der Waals surface area contributed by atoms with Crippen LogP contribution in [0.15, 0.2) is 18.2 Å². The van der Waals surface area contributed by atoms with E-state index in [9.17, 15) is 4.79 Å². The van der Waals surface area contributed by atoms with Crippen molar-refractivity contribution in [2.75, 3.05) is 13.7 Å². The third-order valence-corrected chi connectivity index (χ3v) is 2.74.